The summed E-state index contributed by atoms with van der Waals surface area (Å²) in [7, 11) is 0. The summed E-state index contributed by atoms with van der Waals surface area (Å²) in [5.41, 5.74) is 29.2. The molecular weight excluding hydrogens is 2250 g/mol. The van der Waals surface area contributed by atoms with E-state index in [9.17, 15) is 0 Å². The van der Waals surface area contributed by atoms with Crippen molar-refractivity contribution in [2.75, 3.05) is 0 Å². The molecule has 0 aliphatic heterocycles. The molecule has 0 amide bonds. The monoisotopic (exact) mass is 2380 g/mol. The maximum absolute atomic E-state index is 7.87. The van der Waals surface area contributed by atoms with E-state index in [1.54, 1.807) is 111 Å². The molecule has 8 nitrogen and oxygen atoms in total. The molecule has 0 unspecified atom stereocenters. The van der Waals surface area contributed by atoms with E-state index in [1.165, 1.54) is 58.4 Å². The first kappa shape index (κ1) is 84.1. The average molecular weight is 2380 g/mol. The fourth-order valence-electron chi connectivity index (χ4n) is 13.3. The van der Waals surface area contributed by atoms with Crippen LogP contribution in [0.4, 0.5) is 0 Å². The molecule has 13 aromatic carbocycles. The van der Waals surface area contributed by atoms with E-state index in [2.05, 4.69) is 156 Å². The molecule has 0 N–H and O–H groups in total. The van der Waals surface area contributed by atoms with Crippen molar-refractivity contribution in [3.05, 3.63) is 565 Å². The van der Waals surface area contributed by atoms with Crippen LogP contribution >= 0.6 is 0 Å². The van der Waals surface area contributed by atoms with Crippen LogP contribution in [-0.2, 0) is 60.3 Å². The predicted octanol–water partition coefficient (Wildman–Crippen LogP) is 32.0. The third-order valence-electron chi connectivity index (χ3n) is 20.7. The molecule has 0 aliphatic carbocycles. The minimum absolute atomic E-state index is 0. The van der Waals surface area contributed by atoms with Crippen molar-refractivity contribution in [1.29, 1.82) is 0 Å². The number of benzene rings is 13. The van der Waals surface area contributed by atoms with Crippen LogP contribution in [0.1, 0.15) is 91.4 Å². The van der Waals surface area contributed by atoms with Gasteiger partial charge in [0.15, 0.2) is 0 Å². The van der Waals surface area contributed by atoms with Crippen molar-refractivity contribution in [1.82, 2.24) is 39.9 Å². The van der Waals surface area contributed by atoms with Gasteiger partial charge in [0, 0.05) is 94.4 Å². The quantitative estimate of drug-likeness (QED) is 0.111. The molecule has 0 saturated heterocycles. The van der Waals surface area contributed by atoms with E-state index in [4.69, 9.17) is 24.7 Å². The molecule has 141 heavy (non-hydrogen) atoms. The zero-order valence-electron chi connectivity index (χ0n) is 96.1. The van der Waals surface area contributed by atoms with Gasteiger partial charge >= 0.3 is 40.2 Å². The van der Waals surface area contributed by atoms with E-state index in [1.807, 2.05) is 283 Å². The largest absolute Gasteiger partial charge is 3.00 e. The molecule has 0 bridgehead atoms. The Morgan fingerprint density at radius 2 is 0.496 bits per heavy atom. The normalized spacial score (nSPS) is 12.4. The summed E-state index contributed by atoms with van der Waals surface area (Å²) in [5.74, 6) is 0. The molecule has 8 heterocycles. The number of rotatable bonds is 12. The molecule has 699 valence electrons. The van der Waals surface area contributed by atoms with E-state index in [0.29, 0.717) is 39.1 Å². The van der Waals surface area contributed by atoms with Gasteiger partial charge in [-0.1, -0.05) is 197 Å². The summed E-state index contributed by atoms with van der Waals surface area (Å²) in [6, 6.07) is 152. The SMILES string of the molecule is Cc1ccc(-c2ccnc(-c3[c-]cccc3)c2)cc1.[2H]C([2H])([2H])c1c[c-]c(-c2[c-]cc(C)cc2)cc1.[2H]C([2H])([2H])c1c[c-]c(-c2ccc(C)cn2)cc1.[2H]C([2H])([2H])c1c[c-]c(-c2ccc(C)cn2)cc1.[2H]C([2H])([2H])c1ccc(-c2[c-]cc(C)cc2)nc1.[2H]C([2H])([2H])c1cnc(-c2[c-]cccc2)cc1-c1ccc(C)cc1C([2H])([2H])[2H].[Ir+3].[Ir+3].[Ir].[c-]1ccccc1-c1cc(-c2ccccc2)ccn1.[c-]1ccccc1-c1ccccn1.[c-]1ccccc1-c1ccccn1. The number of pyridine rings is 8. The fraction of sp³-hybridized carbons (Fsp3) is 0.0923. The Kier molecular flexibility index (Phi) is 34.2. The minimum atomic E-state index is -2.42. The van der Waals surface area contributed by atoms with Gasteiger partial charge in [0.05, 0.1) is 0 Å². The molecule has 21 rings (SSSR count). The molecule has 0 saturated carbocycles. The van der Waals surface area contributed by atoms with Gasteiger partial charge in [-0.2, -0.15) is 48.5 Å². The Morgan fingerprint density at radius 1 is 0.184 bits per heavy atom. The van der Waals surface area contributed by atoms with Crippen molar-refractivity contribution >= 4 is 0 Å². The summed E-state index contributed by atoms with van der Waals surface area (Å²) >= 11 is 0. The van der Waals surface area contributed by atoms with Crippen molar-refractivity contribution in [2.24, 2.45) is 0 Å². The molecule has 21 aromatic rings. The van der Waals surface area contributed by atoms with Crippen LogP contribution in [0.2, 0.25) is 0 Å². The first-order chi connectivity index (χ1) is 74.6. The zero-order valence-corrected chi connectivity index (χ0v) is 85.3. The molecule has 1 radical (unpaired) electrons. The maximum Gasteiger partial charge on any atom is 3.00 e. The molecule has 0 spiro atoms. The molecule has 0 atom stereocenters. The summed E-state index contributed by atoms with van der Waals surface area (Å²) in [4.78, 5) is 34.2. The first-order valence-corrected chi connectivity index (χ1v) is 44.3. The van der Waals surface area contributed by atoms with E-state index < -0.39 is 41.1 Å². The fourth-order valence-corrected chi connectivity index (χ4v) is 13.3. The van der Waals surface area contributed by atoms with Crippen molar-refractivity contribution in [3.63, 3.8) is 0 Å². The Morgan fingerprint density at radius 3 is 0.844 bits per heavy atom. The number of hydrogen-bond acceptors (Lipinski definition) is 8. The zero-order chi connectivity index (χ0) is 111. The summed E-state index contributed by atoms with van der Waals surface area (Å²) in [5, 5.41) is 0. The van der Waals surface area contributed by atoms with E-state index in [0.717, 1.165) is 118 Å². The van der Waals surface area contributed by atoms with Gasteiger partial charge < -0.3 is 39.9 Å². The van der Waals surface area contributed by atoms with Gasteiger partial charge in [0.2, 0.25) is 0 Å². The predicted molar refractivity (Wildman–Crippen MR) is 571 cm³/mol. The minimum Gasteiger partial charge on any atom is -0.305 e. The summed E-state index contributed by atoms with van der Waals surface area (Å²) in [6.07, 6.45) is 13.5. The third-order valence-corrected chi connectivity index (χ3v) is 20.7. The molecular formula is C130H108Ir3N8-4. The van der Waals surface area contributed by atoms with Crippen LogP contribution in [0, 0.1) is 143 Å². The van der Waals surface area contributed by atoms with Gasteiger partial charge in [-0.3, -0.25) is 0 Å². The molecule has 11 heteroatoms. The van der Waals surface area contributed by atoms with Gasteiger partial charge in [0.1, 0.15) is 0 Å². The van der Waals surface area contributed by atoms with Crippen LogP contribution in [0.3, 0.4) is 0 Å². The Balaban J connectivity index is 0.000000183. The van der Waals surface area contributed by atoms with Crippen LogP contribution in [0.15, 0.2) is 438 Å². The molecule has 8 aromatic heterocycles. The molecule has 0 aliphatic rings. The van der Waals surface area contributed by atoms with Crippen molar-refractivity contribution < 1.29 is 85.0 Å². The van der Waals surface area contributed by atoms with Crippen molar-refractivity contribution in [3.8, 4) is 135 Å². The second kappa shape index (κ2) is 57.4. The van der Waals surface area contributed by atoms with Crippen LogP contribution in [-0.4, -0.2) is 39.9 Å². The van der Waals surface area contributed by atoms with Crippen LogP contribution < -0.4 is 0 Å². The van der Waals surface area contributed by atoms with Gasteiger partial charge in [0.25, 0.3) is 0 Å². The summed E-state index contributed by atoms with van der Waals surface area (Å²) < 4.78 is 134. The van der Waals surface area contributed by atoms with Gasteiger partial charge in [-0.25, -0.2) is 11.1 Å². The smallest absolute Gasteiger partial charge is 0.305 e. The maximum atomic E-state index is 7.87. The van der Waals surface area contributed by atoms with E-state index in [-0.39, 0.29) is 77.0 Å². The van der Waals surface area contributed by atoms with Gasteiger partial charge in [-0.05, 0) is 179 Å². The second-order valence-electron chi connectivity index (χ2n) is 31.5. The Hall–Kier alpha value is -15.0. The van der Waals surface area contributed by atoms with Crippen molar-refractivity contribution in [2.45, 2.75) is 82.7 Å². The standard InChI is InChI=1S/C20H18N.C18H14N.C17H12N.C14H12.3C13H12N.2C11H8N.3Ir/c1-14-9-10-18(15(2)11-14)19-12-20(21-13-16(19)3)17-7-5-4-6-8-17;1-14-7-9-15(10-8-14)17-11-12-19-18(13-17)16-5-3-2-4-6-16;1-3-7-14(8-4-1)16-11-12-18-17(13-16)15-9-5-2-6-10-15;1-11-3-7-13(8-4-11)14-9-5-12(2)6-10-14;3*1-10-3-6-12(7-4-10)13-8-5-11(2)9-14-13;2*1-2-6-10(7-3-1)11-8-4-5-9-12-11;;;/h4-7,9-13H,1-3H3;2-5,7-13H,1H3;1-9,11-13H;3-7,9H,1-2H3;3*3-6,8-9H,1-2H3;2*1-6,8-9H;;;/q3*-1;-2;5*-1;;2*+3/i2D3,3D3;;;1D3;2D3;2*1D3;;;;;. The number of aromatic nitrogens is 8. The average Bonchev–Trinajstić information content (AvgIpc) is 0.762. The van der Waals surface area contributed by atoms with E-state index >= 15 is 0 Å². The number of aryl methyl sites for hydroxylation is 12. The summed E-state index contributed by atoms with van der Waals surface area (Å²) in [6.45, 7) is -1.25. The van der Waals surface area contributed by atoms with Crippen LogP contribution in [0.25, 0.3) is 135 Å². The third kappa shape index (κ3) is 34.8. The Bertz CT molecular complexity index is 7330. The topological polar surface area (TPSA) is 103 Å². The molecule has 0 fully saturated rings. The van der Waals surface area contributed by atoms with Crippen LogP contribution in [0.5, 0.6) is 0 Å². The number of nitrogens with zero attached hydrogens (tertiary/aromatic N) is 8. The first-order valence-electron chi connectivity index (χ1n) is 53.3. The second-order valence-corrected chi connectivity index (χ2v) is 31.5. The Labute approximate surface area is 900 Å². The number of hydrogen-bond donors (Lipinski definition) is 0. The van der Waals surface area contributed by atoms with Gasteiger partial charge in [-0.15, -0.1) is 297 Å².